The molecule has 3 fully saturated rings. The van der Waals surface area contributed by atoms with Crippen LogP contribution in [0.25, 0.3) is 0 Å². The second kappa shape index (κ2) is 8.67. The first kappa shape index (κ1) is 22.5. The molecule has 0 radical (unpaired) electrons. The third kappa shape index (κ3) is 4.88. The normalized spacial score (nSPS) is 22.1. The Morgan fingerprint density at radius 1 is 0.968 bits per heavy atom. The van der Waals surface area contributed by atoms with Gasteiger partial charge < -0.3 is 9.47 Å². The molecule has 2 aliphatic heterocycles. The number of hydrogen-bond acceptors (Lipinski definition) is 5. The van der Waals surface area contributed by atoms with E-state index < -0.39 is 10.0 Å². The van der Waals surface area contributed by atoms with Crippen LogP contribution in [-0.2, 0) is 14.8 Å². The Morgan fingerprint density at radius 2 is 1.58 bits per heavy atom. The topological polar surface area (TPSA) is 82.9 Å². The molecule has 0 N–H and O–H groups in total. The van der Waals surface area contributed by atoms with E-state index in [1.807, 2.05) is 17.9 Å². The molecule has 1 amide bonds. The molecule has 1 aliphatic carbocycles. The number of piperidine rings is 1. The van der Waals surface area contributed by atoms with Crippen molar-refractivity contribution in [2.45, 2.75) is 45.6 Å². The third-order valence-electron chi connectivity index (χ3n) is 7.02. The van der Waals surface area contributed by atoms with Crippen molar-refractivity contribution < 1.29 is 18.0 Å². The number of carbonyl (C=O) groups excluding carboxylic acids is 2. The minimum atomic E-state index is -3.18. The van der Waals surface area contributed by atoms with Gasteiger partial charge in [-0.25, -0.2) is 12.7 Å². The molecule has 3 aliphatic rings. The second-order valence-corrected chi connectivity index (χ2v) is 11.3. The Kier molecular flexibility index (Phi) is 6.29. The maximum absolute atomic E-state index is 12.9. The first-order valence-electron chi connectivity index (χ1n) is 11.3. The van der Waals surface area contributed by atoms with Crippen LogP contribution in [0, 0.1) is 19.8 Å². The summed E-state index contributed by atoms with van der Waals surface area (Å²) in [6.45, 7) is 7.99. The summed E-state index contributed by atoms with van der Waals surface area (Å²) >= 11 is 0. The molecule has 8 nitrogen and oxygen atoms in total. The summed E-state index contributed by atoms with van der Waals surface area (Å²) in [7, 11) is -3.18. The number of aromatic nitrogens is 1. The van der Waals surface area contributed by atoms with Gasteiger partial charge in [-0.1, -0.05) is 0 Å². The zero-order valence-corrected chi connectivity index (χ0v) is 19.7. The maximum atomic E-state index is 12.9. The van der Waals surface area contributed by atoms with Crippen molar-refractivity contribution in [3.63, 3.8) is 0 Å². The Bertz CT molecular complexity index is 950. The van der Waals surface area contributed by atoms with Crippen LogP contribution in [0.4, 0.5) is 0 Å². The fraction of sp³-hybridized carbons (Fsp3) is 0.727. The highest BCUT2D eigenvalue weighted by atomic mass is 32.2. The average molecular weight is 451 g/mol. The third-order valence-corrected chi connectivity index (χ3v) is 8.32. The van der Waals surface area contributed by atoms with Crippen LogP contribution in [0.2, 0.25) is 0 Å². The van der Waals surface area contributed by atoms with Crippen LogP contribution in [0.5, 0.6) is 0 Å². The summed E-state index contributed by atoms with van der Waals surface area (Å²) in [6, 6.07) is 2.60. The van der Waals surface area contributed by atoms with Crippen LogP contribution in [0.15, 0.2) is 6.07 Å². The van der Waals surface area contributed by atoms with E-state index in [1.54, 1.807) is 0 Å². The van der Waals surface area contributed by atoms with Crippen molar-refractivity contribution in [2.75, 3.05) is 52.1 Å². The van der Waals surface area contributed by atoms with Gasteiger partial charge in [0.25, 0.3) is 0 Å². The molecule has 0 atom stereocenters. The number of nitrogens with zero attached hydrogens (tertiary/aromatic N) is 4. The number of carbonyl (C=O) groups is 2. The van der Waals surface area contributed by atoms with E-state index >= 15 is 0 Å². The summed E-state index contributed by atoms with van der Waals surface area (Å²) in [4.78, 5) is 29.8. The maximum Gasteiger partial charge on any atom is 0.225 e. The summed E-state index contributed by atoms with van der Waals surface area (Å²) in [5, 5.41) is 0. The zero-order chi connectivity index (χ0) is 22.3. The Labute approximate surface area is 185 Å². The number of piperazine rings is 1. The van der Waals surface area contributed by atoms with Crippen molar-refractivity contribution >= 4 is 21.7 Å². The summed E-state index contributed by atoms with van der Waals surface area (Å²) in [5.41, 5.74) is 3.08. The van der Waals surface area contributed by atoms with Gasteiger partial charge in [-0.3, -0.25) is 14.5 Å². The molecular weight excluding hydrogens is 416 g/mol. The van der Waals surface area contributed by atoms with Crippen molar-refractivity contribution in [1.82, 2.24) is 18.7 Å². The SMILES string of the molecule is Cc1cc(C(=O)CN2CCN(C(=O)C3CCN(S(C)(=O)=O)CC3)CC2)c(C)n1C1CC1. The van der Waals surface area contributed by atoms with E-state index in [4.69, 9.17) is 0 Å². The predicted molar refractivity (Wildman–Crippen MR) is 119 cm³/mol. The second-order valence-electron chi connectivity index (χ2n) is 9.35. The van der Waals surface area contributed by atoms with Gasteiger partial charge in [0.1, 0.15) is 0 Å². The van der Waals surface area contributed by atoms with Crippen LogP contribution >= 0.6 is 0 Å². The molecule has 1 aromatic rings. The zero-order valence-electron chi connectivity index (χ0n) is 18.8. The van der Waals surface area contributed by atoms with E-state index in [0.29, 0.717) is 64.7 Å². The summed E-state index contributed by atoms with van der Waals surface area (Å²) < 4.78 is 27.1. The highest BCUT2D eigenvalue weighted by Gasteiger charge is 2.33. The van der Waals surface area contributed by atoms with Gasteiger partial charge in [0, 0.05) is 68.2 Å². The van der Waals surface area contributed by atoms with Gasteiger partial charge in [-0.2, -0.15) is 0 Å². The first-order chi connectivity index (χ1) is 14.6. The fourth-order valence-electron chi connectivity index (χ4n) is 5.06. The van der Waals surface area contributed by atoms with Crippen LogP contribution < -0.4 is 0 Å². The van der Waals surface area contributed by atoms with E-state index in [9.17, 15) is 18.0 Å². The van der Waals surface area contributed by atoms with Crippen molar-refractivity contribution in [3.05, 3.63) is 23.0 Å². The van der Waals surface area contributed by atoms with Gasteiger partial charge in [0.2, 0.25) is 15.9 Å². The monoisotopic (exact) mass is 450 g/mol. The van der Waals surface area contributed by atoms with Gasteiger partial charge in [0.15, 0.2) is 5.78 Å². The Hall–Kier alpha value is -1.71. The average Bonchev–Trinajstić information content (AvgIpc) is 3.51. The molecule has 3 heterocycles. The Morgan fingerprint density at radius 3 is 2.13 bits per heavy atom. The van der Waals surface area contributed by atoms with E-state index in [1.165, 1.54) is 29.1 Å². The minimum absolute atomic E-state index is 0.0982. The minimum Gasteiger partial charge on any atom is -0.345 e. The van der Waals surface area contributed by atoms with E-state index in [0.717, 1.165) is 11.3 Å². The number of amides is 1. The summed E-state index contributed by atoms with van der Waals surface area (Å²) in [6.07, 6.45) is 4.79. The van der Waals surface area contributed by atoms with Crippen LogP contribution in [0.3, 0.4) is 0 Å². The standard InChI is InChI=1S/C22H34N4O4S/c1-16-14-20(17(2)26(16)19-4-5-19)21(27)15-23-10-12-24(13-11-23)22(28)18-6-8-25(9-7-18)31(3,29)30/h14,18-19H,4-13,15H2,1-3H3. The molecule has 1 aromatic heterocycles. The number of Topliss-reactive ketones (excluding diaryl/α,β-unsaturated/α-hetero) is 1. The van der Waals surface area contributed by atoms with E-state index in [-0.39, 0.29) is 17.6 Å². The molecule has 0 aromatic carbocycles. The highest BCUT2D eigenvalue weighted by molar-refractivity contribution is 7.88. The molecule has 172 valence electrons. The molecule has 2 saturated heterocycles. The van der Waals surface area contributed by atoms with Crippen molar-refractivity contribution in [3.8, 4) is 0 Å². The number of ketones is 1. The quantitative estimate of drug-likeness (QED) is 0.613. The van der Waals surface area contributed by atoms with Crippen LogP contribution in [0.1, 0.15) is 53.5 Å². The lowest BCUT2D eigenvalue weighted by molar-refractivity contribution is -0.138. The van der Waals surface area contributed by atoms with E-state index in [2.05, 4.69) is 16.4 Å². The Balaban J connectivity index is 1.27. The lowest BCUT2D eigenvalue weighted by atomic mass is 9.96. The van der Waals surface area contributed by atoms with Gasteiger partial charge in [0.05, 0.1) is 12.8 Å². The number of aryl methyl sites for hydroxylation is 1. The number of hydrogen-bond donors (Lipinski definition) is 0. The molecule has 0 bridgehead atoms. The van der Waals surface area contributed by atoms with Gasteiger partial charge in [-0.05, 0) is 45.6 Å². The highest BCUT2D eigenvalue weighted by Crippen LogP contribution is 2.38. The number of rotatable bonds is 6. The van der Waals surface area contributed by atoms with Crippen molar-refractivity contribution in [1.29, 1.82) is 0 Å². The molecule has 31 heavy (non-hydrogen) atoms. The molecule has 0 unspecified atom stereocenters. The number of sulfonamides is 1. The fourth-order valence-corrected chi connectivity index (χ4v) is 5.94. The smallest absolute Gasteiger partial charge is 0.225 e. The van der Waals surface area contributed by atoms with Gasteiger partial charge >= 0.3 is 0 Å². The van der Waals surface area contributed by atoms with Gasteiger partial charge in [-0.15, -0.1) is 0 Å². The lowest BCUT2D eigenvalue weighted by Crippen LogP contribution is -2.52. The molecular formula is C22H34N4O4S. The lowest BCUT2D eigenvalue weighted by Gasteiger charge is -2.38. The molecule has 1 saturated carbocycles. The largest absolute Gasteiger partial charge is 0.345 e. The first-order valence-corrected chi connectivity index (χ1v) is 13.2. The molecule has 4 rings (SSSR count). The van der Waals surface area contributed by atoms with Crippen molar-refractivity contribution in [2.24, 2.45) is 5.92 Å². The molecule has 9 heteroatoms. The molecule has 0 spiro atoms. The predicted octanol–water partition coefficient (Wildman–Crippen LogP) is 1.44. The van der Waals surface area contributed by atoms with Crippen LogP contribution in [-0.4, -0.2) is 90.8 Å². The summed E-state index contributed by atoms with van der Waals surface area (Å²) in [5.74, 6) is 0.194.